The average Bonchev–Trinajstić information content (AvgIpc) is 3.30. The molecule has 10 heteroatoms. The van der Waals surface area contributed by atoms with E-state index in [2.05, 4.69) is 11.8 Å². The maximum absolute atomic E-state index is 14.0. The van der Waals surface area contributed by atoms with E-state index in [1.807, 2.05) is 17.0 Å². The maximum Gasteiger partial charge on any atom is 0.337 e. The number of hydrogen-bond donors (Lipinski definition) is 1. The molecule has 1 aliphatic rings. The number of nitriles is 1. The monoisotopic (exact) mass is 511 g/mol. The lowest BCUT2D eigenvalue weighted by molar-refractivity contribution is 0.496. The highest BCUT2D eigenvalue weighted by molar-refractivity contribution is 5.77. The highest BCUT2D eigenvalue weighted by atomic mass is 19.1. The highest BCUT2D eigenvalue weighted by Gasteiger charge is 2.27. The number of hydrogen-bond acceptors (Lipinski definition) is 6. The average molecular weight is 512 g/mol. The molecule has 4 aromatic rings. The minimum Gasteiger partial charge on any atom is -0.341 e. The van der Waals surface area contributed by atoms with Crippen LogP contribution in [0.15, 0.2) is 58.1 Å². The van der Waals surface area contributed by atoms with Crippen molar-refractivity contribution in [2.75, 3.05) is 18.0 Å². The van der Waals surface area contributed by atoms with Gasteiger partial charge in [0.15, 0.2) is 11.2 Å². The Balaban J connectivity index is 1.83. The van der Waals surface area contributed by atoms with Crippen molar-refractivity contribution in [1.29, 1.82) is 5.26 Å². The zero-order chi connectivity index (χ0) is 26.8. The van der Waals surface area contributed by atoms with Gasteiger partial charge in [-0.2, -0.15) is 10.2 Å². The van der Waals surface area contributed by atoms with Crippen LogP contribution in [-0.2, 0) is 13.1 Å². The quantitative estimate of drug-likeness (QED) is 0.412. The summed E-state index contributed by atoms with van der Waals surface area (Å²) in [7, 11) is 0. The van der Waals surface area contributed by atoms with Crippen LogP contribution < -0.4 is 21.9 Å². The summed E-state index contributed by atoms with van der Waals surface area (Å²) in [5.41, 5.74) is 6.44. The Bertz CT molecular complexity index is 1740. The Kier molecular flexibility index (Phi) is 6.82. The van der Waals surface area contributed by atoms with Crippen LogP contribution in [0.5, 0.6) is 0 Å². The van der Waals surface area contributed by atoms with Gasteiger partial charge in [0, 0.05) is 19.1 Å². The van der Waals surface area contributed by atoms with Gasteiger partial charge >= 0.3 is 5.69 Å². The van der Waals surface area contributed by atoms with E-state index in [1.54, 1.807) is 35.8 Å². The molecule has 0 spiro atoms. The van der Waals surface area contributed by atoms with E-state index in [0.717, 1.165) is 23.5 Å². The third-order valence-electron chi connectivity index (χ3n) is 6.70. The molecule has 2 aromatic heterocycles. The molecule has 1 saturated heterocycles. The number of benzene rings is 2. The van der Waals surface area contributed by atoms with Crippen molar-refractivity contribution >= 4 is 17.1 Å². The fourth-order valence-electron chi connectivity index (χ4n) is 4.87. The molecule has 3 heterocycles. The molecule has 0 saturated carbocycles. The van der Waals surface area contributed by atoms with E-state index < -0.39 is 17.1 Å². The third-order valence-corrected chi connectivity index (χ3v) is 6.70. The van der Waals surface area contributed by atoms with Gasteiger partial charge < -0.3 is 10.6 Å². The lowest BCUT2D eigenvalue weighted by Crippen LogP contribution is -2.44. The van der Waals surface area contributed by atoms with Gasteiger partial charge in [0.25, 0.3) is 5.56 Å². The van der Waals surface area contributed by atoms with Gasteiger partial charge in [0.2, 0.25) is 5.95 Å². The molecular weight excluding hydrogens is 485 g/mol. The Hall–Kier alpha value is -4.67. The predicted molar refractivity (Wildman–Crippen MR) is 143 cm³/mol. The third kappa shape index (κ3) is 4.47. The zero-order valence-electron chi connectivity index (χ0n) is 20.9. The van der Waals surface area contributed by atoms with Crippen molar-refractivity contribution in [2.45, 2.75) is 38.9 Å². The molecule has 38 heavy (non-hydrogen) atoms. The minimum atomic E-state index is -0.616. The van der Waals surface area contributed by atoms with Gasteiger partial charge in [-0.3, -0.25) is 13.9 Å². The highest BCUT2D eigenvalue weighted by Crippen LogP contribution is 2.24. The normalized spacial score (nSPS) is 15.2. The van der Waals surface area contributed by atoms with Crippen LogP contribution in [0.4, 0.5) is 10.3 Å². The number of imidazole rings is 1. The van der Waals surface area contributed by atoms with Gasteiger partial charge in [-0.1, -0.05) is 30.2 Å². The van der Waals surface area contributed by atoms with Crippen LogP contribution in [0.3, 0.4) is 0 Å². The number of halogens is 1. The number of anilines is 1. The van der Waals surface area contributed by atoms with E-state index in [4.69, 9.17) is 10.7 Å². The Morgan fingerprint density at radius 1 is 1.16 bits per heavy atom. The van der Waals surface area contributed by atoms with Crippen LogP contribution in [0.25, 0.3) is 16.9 Å². The van der Waals surface area contributed by atoms with Crippen molar-refractivity contribution in [2.24, 2.45) is 5.73 Å². The molecule has 1 atom stereocenters. The Morgan fingerprint density at radius 2 is 1.95 bits per heavy atom. The number of piperidine rings is 1. The molecular formula is C28H26FN7O2. The van der Waals surface area contributed by atoms with E-state index in [-0.39, 0.29) is 35.9 Å². The second kappa shape index (κ2) is 10.4. The number of rotatable bonds is 5. The van der Waals surface area contributed by atoms with Gasteiger partial charge in [-0.15, -0.1) is 5.92 Å². The van der Waals surface area contributed by atoms with Gasteiger partial charge in [0.1, 0.15) is 5.82 Å². The molecule has 0 amide bonds. The van der Waals surface area contributed by atoms with Crippen molar-refractivity contribution in [3.05, 3.63) is 86.3 Å². The number of aromatic nitrogens is 4. The van der Waals surface area contributed by atoms with Gasteiger partial charge in [-0.05, 0) is 49.6 Å². The SMILES string of the molecule is CC#CCn1c(N2CCC[C@@H](N)C2)nc2c1c(=O)n(Cc1ccc(F)cc1C#N)c(=O)n2-c1ccccc1. The summed E-state index contributed by atoms with van der Waals surface area (Å²) in [6.45, 7) is 2.97. The number of para-hydroxylation sites is 1. The van der Waals surface area contributed by atoms with Crippen LogP contribution in [0.2, 0.25) is 0 Å². The summed E-state index contributed by atoms with van der Waals surface area (Å²) in [5, 5.41) is 9.54. The van der Waals surface area contributed by atoms with Crippen LogP contribution in [-0.4, -0.2) is 37.8 Å². The van der Waals surface area contributed by atoms with Crippen LogP contribution in [0, 0.1) is 29.0 Å². The van der Waals surface area contributed by atoms with Gasteiger partial charge in [0.05, 0.1) is 30.4 Å². The molecule has 0 unspecified atom stereocenters. The Morgan fingerprint density at radius 3 is 2.66 bits per heavy atom. The van der Waals surface area contributed by atoms with Crippen LogP contribution >= 0.6 is 0 Å². The summed E-state index contributed by atoms with van der Waals surface area (Å²) in [5.74, 6) is 5.84. The summed E-state index contributed by atoms with van der Waals surface area (Å²) >= 11 is 0. The largest absolute Gasteiger partial charge is 0.341 e. The van der Waals surface area contributed by atoms with Crippen molar-refractivity contribution in [1.82, 2.24) is 18.7 Å². The smallest absolute Gasteiger partial charge is 0.337 e. The number of nitrogens with zero attached hydrogens (tertiary/aromatic N) is 6. The van der Waals surface area contributed by atoms with Gasteiger partial charge in [-0.25, -0.2) is 13.8 Å². The first kappa shape index (κ1) is 25.0. The number of nitrogens with two attached hydrogens (primary N) is 1. The van der Waals surface area contributed by atoms with E-state index in [1.165, 1.54) is 16.7 Å². The maximum atomic E-state index is 14.0. The van der Waals surface area contributed by atoms with Crippen molar-refractivity contribution in [3.8, 4) is 23.6 Å². The molecule has 0 aliphatic carbocycles. The molecule has 192 valence electrons. The molecule has 1 fully saturated rings. The van der Waals surface area contributed by atoms with Crippen molar-refractivity contribution in [3.63, 3.8) is 0 Å². The summed E-state index contributed by atoms with van der Waals surface area (Å²) in [4.78, 5) is 34.7. The Labute approximate surface area is 218 Å². The fourth-order valence-corrected chi connectivity index (χ4v) is 4.87. The molecule has 0 bridgehead atoms. The van der Waals surface area contributed by atoms with E-state index in [0.29, 0.717) is 30.3 Å². The van der Waals surface area contributed by atoms with E-state index >= 15 is 0 Å². The molecule has 0 radical (unpaired) electrons. The predicted octanol–water partition coefficient (Wildman–Crippen LogP) is 2.36. The molecule has 1 aliphatic heterocycles. The first-order valence-corrected chi connectivity index (χ1v) is 12.3. The van der Waals surface area contributed by atoms with E-state index in [9.17, 15) is 19.2 Å². The fraction of sp³-hybridized carbons (Fsp3) is 0.286. The molecule has 9 nitrogen and oxygen atoms in total. The summed E-state index contributed by atoms with van der Waals surface area (Å²) in [6.07, 6.45) is 1.77. The minimum absolute atomic E-state index is 0.0369. The second-order valence-corrected chi connectivity index (χ2v) is 9.20. The van der Waals surface area contributed by atoms with Crippen LogP contribution in [0.1, 0.15) is 30.9 Å². The number of fused-ring (bicyclic) bond motifs is 1. The molecule has 2 aromatic carbocycles. The lowest BCUT2D eigenvalue weighted by Gasteiger charge is -2.31. The standard InChI is InChI=1S/C28H26FN7O2/c1-2-3-14-34-24-25(32-27(34)33-13-7-8-22(31)18-33)36(23-9-5-4-6-10-23)28(38)35(26(24)37)17-19-11-12-21(29)15-20(19)16-30/h4-6,9-12,15,22H,7-8,13-14,17-18,31H2,1H3/t22-/m1/s1. The molecule has 2 N–H and O–H groups in total. The second-order valence-electron chi connectivity index (χ2n) is 9.20. The first-order valence-electron chi connectivity index (χ1n) is 12.3. The first-order chi connectivity index (χ1) is 18.4. The lowest BCUT2D eigenvalue weighted by atomic mass is 10.1. The molecule has 5 rings (SSSR count). The summed E-state index contributed by atoms with van der Waals surface area (Å²) in [6, 6.07) is 14.6. The zero-order valence-corrected chi connectivity index (χ0v) is 20.9. The summed E-state index contributed by atoms with van der Waals surface area (Å²) < 4.78 is 18.0. The van der Waals surface area contributed by atoms with Crippen molar-refractivity contribution < 1.29 is 4.39 Å². The topological polar surface area (TPSA) is 115 Å².